The molecule has 1 aliphatic heterocycles. The van der Waals surface area contributed by atoms with Crippen LogP contribution in [0.2, 0.25) is 0 Å². The fourth-order valence-corrected chi connectivity index (χ4v) is 3.05. The van der Waals surface area contributed by atoms with Crippen molar-refractivity contribution >= 4 is 5.91 Å². The van der Waals surface area contributed by atoms with Crippen molar-refractivity contribution in [1.82, 2.24) is 14.7 Å². The van der Waals surface area contributed by atoms with Gasteiger partial charge in [0, 0.05) is 31.1 Å². The van der Waals surface area contributed by atoms with Crippen molar-refractivity contribution in [2.24, 2.45) is 0 Å². The molecule has 0 saturated carbocycles. The zero-order valence-electron chi connectivity index (χ0n) is 13.6. The molecule has 1 aromatic carbocycles. The molecule has 0 bridgehead atoms. The third-order valence-corrected chi connectivity index (χ3v) is 4.37. The normalized spacial score (nSPS) is 13.5. The van der Waals surface area contributed by atoms with Crippen molar-refractivity contribution in [2.75, 3.05) is 6.54 Å². The lowest BCUT2D eigenvalue weighted by Gasteiger charge is -2.28. The van der Waals surface area contributed by atoms with E-state index in [1.165, 1.54) is 17.2 Å². The maximum Gasteiger partial charge on any atom is 0.267 e. The molecular weight excluding hydrogens is 318 g/mol. The first-order valence-corrected chi connectivity index (χ1v) is 8.16. The first-order valence-electron chi connectivity index (χ1n) is 8.16. The van der Waals surface area contributed by atoms with E-state index in [0.29, 0.717) is 31.6 Å². The molecule has 3 heterocycles. The third-order valence-electron chi connectivity index (χ3n) is 4.37. The summed E-state index contributed by atoms with van der Waals surface area (Å²) in [6.45, 7) is 1.42. The van der Waals surface area contributed by atoms with Crippen LogP contribution in [0.15, 0.2) is 64.2 Å². The number of nitrogens with zero attached hydrogens (tertiary/aromatic N) is 3. The highest BCUT2D eigenvalue weighted by molar-refractivity contribution is 5.93. The molecule has 3 aromatic rings. The van der Waals surface area contributed by atoms with Crippen molar-refractivity contribution in [2.45, 2.75) is 19.5 Å². The molecule has 1 amide bonds. The lowest BCUT2D eigenvalue weighted by Crippen LogP contribution is -2.38. The molecule has 4 rings (SSSR count). The standard InChI is InChI=1S/C19H17N3O3/c23-18-10-16-12-21(19(24)15-7-9-25-13-15)8-6-17(16)20-22(18)11-14-4-2-1-3-5-14/h1-5,7,9-10,13H,6,8,11-12H2. The minimum atomic E-state index is -0.153. The molecule has 126 valence electrons. The van der Waals surface area contributed by atoms with Crippen LogP contribution in [0.5, 0.6) is 0 Å². The molecule has 0 spiro atoms. The second-order valence-corrected chi connectivity index (χ2v) is 6.09. The molecule has 6 heteroatoms. The van der Waals surface area contributed by atoms with Crippen LogP contribution >= 0.6 is 0 Å². The minimum absolute atomic E-state index is 0.0899. The molecule has 0 aliphatic carbocycles. The third kappa shape index (κ3) is 3.10. The van der Waals surface area contributed by atoms with Gasteiger partial charge in [0.05, 0.1) is 24.1 Å². The number of rotatable bonds is 3. The van der Waals surface area contributed by atoms with E-state index in [1.807, 2.05) is 30.3 Å². The lowest BCUT2D eigenvalue weighted by atomic mass is 10.1. The largest absolute Gasteiger partial charge is 0.472 e. The Kier molecular flexibility index (Phi) is 3.93. The van der Waals surface area contributed by atoms with Crippen molar-refractivity contribution in [3.8, 4) is 0 Å². The van der Waals surface area contributed by atoms with Gasteiger partial charge in [0.2, 0.25) is 0 Å². The van der Waals surface area contributed by atoms with Gasteiger partial charge in [-0.3, -0.25) is 9.59 Å². The Hall–Kier alpha value is -3.15. The summed E-state index contributed by atoms with van der Waals surface area (Å²) in [6.07, 6.45) is 3.55. The van der Waals surface area contributed by atoms with Crippen molar-refractivity contribution in [3.05, 3.63) is 87.7 Å². The Labute approximate surface area is 144 Å². The second-order valence-electron chi connectivity index (χ2n) is 6.09. The Balaban J connectivity index is 1.57. The second kappa shape index (κ2) is 6.39. The van der Waals surface area contributed by atoms with Crippen LogP contribution in [0.4, 0.5) is 0 Å². The molecular formula is C19H17N3O3. The SMILES string of the molecule is O=C(c1ccoc1)N1CCc2nn(Cc3ccccc3)c(=O)cc2C1. The maximum atomic E-state index is 12.4. The summed E-state index contributed by atoms with van der Waals surface area (Å²) >= 11 is 0. The van der Waals surface area contributed by atoms with Crippen LogP contribution in [0.1, 0.15) is 27.2 Å². The number of amides is 1. The first kappa shape index (κ1) is 15.4. The molecule has 1 aliphatic rings. The van der Waals surface area contributed by atoms with E-state index in [2.05, 4.69) is 5.10 Å². The van der Waals surface area contributed by atoms with Gasteiger partial charge in [-0.25, -0.2) is 4.68 Å². The van der Waals surface area contributed by atoms with E-state index in [0.717, 1.165) is 16.8 Å². The van der Waals surface area contributed by atoms with Gasteiger partial charge in [-0.15, -0.1) is 0 Å². The van der Waals surface area contributed by atoms with Gasteiger partial charge in [0.25, 0.3) is 11.5 Å². The average Bonchev–Trinajstić information content (AvgIpc) is 3.17. The molecule has 6 nitrogen and oxygen atoms in total. The van der Waals surface area contributed by atoms with E-state index >= 15 is 0 Å². The van der Waals surface area contributed by atoms with Gasteiger partial charge in [0.15, 0.2) is 0 Å². The van der Waals surface area contributed by atoms with E-state index in [-0.39, 0.29) is 11.5 Å². The number of hydrogen-bond donors (Lipinski definition) is 0. The number of furan rings is 1. The highest BCUT2D eigenvalue weighted by Gasteiger charge is 2.24. The van der Waals surface area contributed by atoms with Gasteiger partial charge in [-0.05, 0) is 11.6 Å². The molecule has 2 aromatic heterocycles. The van der Waals surface area contributed by atoms with E-state index in [4.69, 9.17) is 4.42 Å². The summed E-state index contributed by atoms with van der Waals surface area (Å²) in [5.41, 5.74) is 3.10. The Morgan fingerprint density at radius 2 is 2.04 bits per heavy atom. The number of carbonyl (C=O) groups is 1. The fourth-order valence-electron chi connectivity index (χ4n) is 3.05. The monoisotopic (exact) mass is 335 g/mol. The van der Waals surface area contributed by atoms with Gasteiger partial charge in [0.1, 0.15) is 6.26 Å². The average molecular weight is 335 g/mol. The van der Waals surface area contributed by atoms with Gasteiger partial charge < -0.3 is 9.32 Å². The predicted octanol–water partition coefficient (Wildman–Crippen LogP) is 2.08. The van der Waals surface area contributed by atoms with Crippen LogP contribution in [0.3, 0.4) is 0 Å². The quantitative estimate of drug-likeness (QED) is 0.735. The molecule has 25 heavy (non-hydrogen) atoms. The van der Waals surface area contributed by atoms with Crippen LogP contribution in [-0.4, -0.2) is 27.1 Å². The molecule has 0 fully saturated rings. The smallest absolute Gasteiger partial charge is 0.267 e. The van der Waals surface area contributed by atoms with E-state index < -0.39 is 0 Å². The van der Waals surface area contributed by atoms with E-state index in [9.17, 15) is 9.59 Å². The predicted molar refractivity (Wildman–Crippen MR) is 91.2 cm³/mol. The summed E-state index contributed by atoms with van der Waals surface area (Å²) in [6, 6.07) is 13.0. The van der Waals surface area contributed by atoms with Crippen LogP contribution in [0, 0.1) is 0 Å². The molecule has 0 saturated heterocycles. The number of aromatic nitrogens is 2. The van der Waals surface area contributed by atoms with Gasteiger partial charge >= 0.3 is 0 Å². The Bertz CT molecular complexity index is 946. The number of benzene rings is 1. The highest BCUT2D eigenvalue weighted by Crippen LogP contribution is 2.18. The van der Waals surface area contributed by atoms with Gasteiger partial charge in [-0.2, -0.15) is 5.10 Å². The Morgan fingerprint density at radius 1 is 1.20 bits per heavy atom. The first-order chi connectivity index (χ1) is 12.2. The van der Waals surface area contributed by atoms with Crippen molar-refractivity contribution in [1.29, 1.82) is 0 Å². The van der Waals surface area contributed by atoms with Crippen LogP contribution in [-0.2, 0) is 19.5 Å². The molecule has 0 atom stereocenters. The molecule has 0 N–H and O–H groups in total. The Morgan fingerprint density at radius 3 is 2.80 bits per heavy atom. The lowest BCUT2D eigenvalue weighted by molar-refractivity contribution is 0.0732. The van der Waals surface area contributed by atoms with Crippen molar-refractivity contribution in [3.63, 3.8) is 0 Å². The number of carbonyl (C=O) groups excluding carboxylic acids is 1. The highest BCUT2D eigenvalue weighted by atomic mass is 16.3. The zero-order valence-corrected chi connectivity index (χ0v) is 13.6. The number of fused-ring (bicyclic) bond motifs is 1. The number of hydrogen-bond acceptors (Lipinski definition) is 4. The fraction of sp³-hybridized carbons (Fsp3) is 0.211. The summed E-state index contributed by atoms with van der Waals surface area (Å²) in [5, 5.41) is 4.51. The van der Waals surface area contributed by atoms with Crippen LogP contribution < -0.4 is 5.56 Å². The van der Waals surface area contributed by atoms with E-state index in [1.54, 1.807) is 17.0 Å². The van der Waals surface area contributed by atoms with Crippen LogP contribution in [0.25, 0.3) is 0 Å². The summed E-state index contributed by atoms with van der Waals surface area (Å²) in [5.74, 6) is -0.0899. The summed E-state index contributed by atoms with van der Waals surface area (Å²) in [7, 11) is 0. The molecule has 0 radical (unpaired) electrons. The minimum Gasteiger partial charge on any atom is -0.472 e. The molecule has 0 unspecified atom stereocenters. The summed E-state index contributed by atoms with van der Waals surface area (Å²) < 4.78 is 6.46. The summed E-state index contributed by atoms with van der Waals surface area (Å²) in [4.78, 5) is 26.5. The van der Waals surface area contributed by atoms with Gasteiger partial charge in [-0.1, -0.05) is 30.3 Å². The maximum absolute atomic E-state index is 12.4. The topological polar surface area (TPSA) is 68.3 Å². The van der Waals surface area contributed by atoms with Crippen molar-refractivity contribution < 1.29 is 9.21 Å². The zero-order chi connectivity index (χ0) is 17.2.